The van der Waals surface area contributed by atoms with Gasteiger partial charge in [-0.05, 0) is 6.42 Å². The molecule has 2 unspecified atom stereocenters. The number of carboxylic acids is 2. The van der Waals surface area contributed by atoms with Crippen LogP contribution in [0.2, 0.25) is 0 Å². The molecule has 0 rings (SSSR count). The molecule has 0 bridgehead atoms. The van der Waals surface area contributed by atoms with Crippen LogP contribution in [0.15, 0.2) is 0 Å². The fourth-order valence-electron chi connectivity index (χ4n) is 0.617. The highest BCUT2D eigenvalue weighted by molar-refractivity contribution is 6.92. The molecule has 0 heterocycles. The molecule has 0 aliphatic rings. The van der Waals surface area contributed by atoms with Crippen LogP contribution < -0.4 is 0 Å². The molecule has 0 spiro atoms. The lowest BCUT2D eigenvalue weighted by Gasteiger charge is -2.03. The Morgan fingerprint density at radius 1 is 1.33 bits per heavy atom. The van der Waals surface area contributed by atoms with E-state index in [0.29, 0.717) is 6.42 Å². The van der Waals surface area contributed by atoms with Crippen molar-refractivity contribution in [3.05, 3.63) is 0 Å². The van der Waals surface area contributed by atoms with Crippen molar-refractivity contribution < 1.29 is 19.8 Å². The van der Waals surface area contributed by atoms with E-state index in [0.717, 1.165) is 0 Å². The van der Waals surface area contributed by atoms with Crippen LogP contribution in [-0.4, -0.2) is 39.5 Å². The summed E-state index contributed by atoms with van der Waals surface area (Å²) in [5.41, 5.74) is 0. The van der Waals surface area contributed by atoms with Crippen molar-refractivity contribution in [1.82, 2.24) is 0 Å². The maximum absolute atomic E-state index is 10.2. The summed E-state index contributed by atoms with van der Waals surface area (Å²) in [5.74, 6) is -2.84. The van der Waals surface area contributed by atoms with Crippen LogP contribution in [-0.2, 0) is 9.59 Å². The molecular weight excluding hydrogens is 194 g/mol. The van der Waals surface area contributed by atoms with Crippen LogP contribution in [0, 0.1) is 5.92 Å². The smallest absolute Gasteiger partial charge is 0.307 e. The average molecular weight is 210 g/mol. The van der Waals surface area contributed by atoms with Gasteiger partial charge in [-0.2, -0.15) is 9.90 Å². The first kappa shape index (κ1) is 17.9. The molecule has 0 aliphatic carbocycles. The Morgan fingerprint density at radius 2 is 1.75 bits per heavy atom. The number of hydrogen-bond donors (Lipinski definition) is 2. The Labute approximate surface area is 85.1 Å². The molecular formula is C6H16AlO4P. The summed E-state index contributed by atoms with van der Waals surface area (Å²) >= 11 is 0. The van der Waals surface area contributed by atoms with Gasteiger partial charge in [0.1, 0.15) is 0 Å². The summed E-state index contributed by atoms with van der Waals surface area (Å²) in [6, 6.07) is 0. The quantitative estimate of drug-likeness (QED) is 0.482. The molecule has 0 saturated carbocycles. The SMILES string of the molecule is CCC(CC(=O)O)C(=O)O.P.[AlH3]. The molecule has 12 heavy (non-hydrogen) atoms. The van der Waals surface area contributed by atoms with Gasteiger partial charge in [0.25, 0.3) is 0 Å². The van der Waals surface area contributed by atoms with Crippen molar-refractivity contribution in [2.24, 2.45) is 5.92 Å². The molecule has 4 nitrogen and oxygen atoms in total. The van der Waals surface area contributed by atoms with E-state index in [2.05, 4.69) is 0 Å². The zero-order valence-electron chi connectivity index (χ0n) is 6.41. The molecule has 2 N–H and O–H groups in total. The van der Waals surface area contributed by atoms with Gasteiger partial charge in [0, 0.05) is 0 Å². The monoisotopic (exact) mass is 210 g/mol. The minimum absolute atomic E-state index is 0. The molecule has 72 valence electrons. The lowest BCUT2D eigenvalue weighted by Crippen LogP contribution is -2.16. The second-order valence-corrected chi connectivity index (χ2v) is 2.04. The fraction of sp³-hybridized carbons (Fsp3) is 0.667. The minimum Gasteiger partial charge on any atom is -0.481 e. The van der Waals surface area contributed by atoms with Crippen LogP contribution in [0.1, 0.15) is 19.8 Å². The van der Waals surface area contributed by atoms with Crippen molar-refractivity contribution >= 4 is 39.2 Å². The van der Waals surface area contributed by atoms with E-state index in [4.69, 9.17) is 10.2 Å². The Hall–Kier alpha value is -0.0975. The van der Waals surface area contributed by atoms with Crippen LogP contribution >= 0.6 is 9.90 Å². The summed E-state index contributed by atoms with van der Waals surface area (Å²) in [6.45, 7) is 1.65. The highest BCUT2D eigenvalue weighted by atomic mass is 31.0. The highest BCUT2D eigenvalue weighted by Crippen LogP contribution is 2.07. The third-order valence-electron chi connectivity index (χ3n) is 1.26. The van der Waals surface area contributed by atoms with E-state index in [1.54, 1.807) is 6.92 Å². The van der Waals surface area contributed by atoms with Crippen LogP contribution in [0.3, 0.4) is 0 Å². The van der Waals surface area contributed by atoms with Crippen LogP contribution in [0.5, 0.6) is 0 Å². The molecule has 0 aliphatic heterocycles. The maximum Gasteiger partial charge on any atom is 0.307 e. The Kier molecular flexibility index (Phi) is 13.4. The fourth-order valence-corrected chi connectivity index (χ4v) is 0.617. The van der Waals surface area contributed by atoms with Gasteiger partial charge in [0.15, 0.2) is 17.4 Å². The van der Waals surface area contributed by atoms with E-state index in [-0.39, 0.29) is 33.7 Å². The zero-order valence-corrected chi connectivity index (χ0v) is 7.82. The molecule has 6 heteroatoms. The summed E-state index contributed by atoms with van der Waals surface area (Å²) in [7, 11) is 0. The zero-order chi connectivity index (χ0) is 8.15. The average Bonchev–Trinajstić information content (AvgIpc) is 1.81. The number of rotatable bonds is 4. The van der Waals surface area contributed by atoms with Crippen molar-refractivity contribution in [1.29, 1.82) is 0 Å². The molecule has 0 radical (unpaired) electrons. The second-order valence-electron chi connectivity index (χ2n) is 2.04. The van der Waals surface area contributed by atoms with Gasteiger partial charge in [0.2, 0.25) is 0 Å². The number of hydrogen-bond acceptors (Lipinski definition) is 2. The number of carbonyl (C=O) groups is 2. The largest absolute Gasteiger partial charge is 0.481 e. The molecule has 0 aromatic heterocycles. The maximum atomic E-state index is 10.2. The normalized spacial score (nSPS) is 10.4. The van der Waals surface area contributed by atoms with Crippen LogP contribution in [0.4, 0.5) is 0 Å². The number of aliphatic carboxylic acids is 2. The van der Waals surface area contributed by atoms with Crippen LogP contribution in [0.25, 0.3) is 0 Å². The molecule has 0 aromatic carbocycles. The van der Waals surface area contributed by atoms with Gasteiger partial charge in [0.05, 0.1) is 12.3 Å². The number of carboxylic acid groups (broad SMARTS) is 2. The first-order valence-corrected chi connectivity index (χ1v) is 3.02. The van der Waals surface area contributed by atoms with Gasteiger partial charge in [-0.25, -0.2) is 0 Å². The van der Waals surface area contributed by atoms with Gasteiger partial charge in [-0.1, -0.05) is 6.92 Å². The lowest BCUT2D eigenvalue weighted by atomic mass is 10.0. The van der Waals surface area contributed by atoms with Crippen molar-refractivity contribution in [2.75, 3.05) is 0 Å². The topological polar surface area (TPSA) is 74.6 Å². The molecule has 2 atom stereocenters. The Morgan fingerprint density at radius 3 is 1.83 bits per heavy atom. The Bertz CT molecular complexity index is 150. The summed E-state index contributed by atoms with van der Waals surface area (Å²) in [6.07, 6.45) is 0.0769. The van der Waals surface area contributed by atoms with E-state index in [9.17, 15) is 9.59 Å². The predicted octanol–water partition coefficient (Wildman–Crippen LogP) is -0.554. The van der Waals surface area contributed by atoms with Gasteiger partial charge in [-0.3, -0.25) is 9.59 Å². The highest BCUT2D eigenvalue weighted by Gasteiger charge is 2.17. The molecule has 0 saturated heterocycles. The minimum atomic E-state index is -1.06. The third-order valence-corrected chi connectivity index (χ3v) is 1.26. The van der Waals surface area contributed by atoms with E-state index >= 15 is 0 Å². The van der Waals surface area contributed by atoms with E-state index in [1.807, 2.05) is 0 Å². The van der Waals surface area contributed by atoms with E-state index in [1.165, 1.54) is 0 Å². The summed E-state index contributed by atoms with van der Waals surface area (Å²) in [5, 5.41) is 16.6. The Balaban J connectivity index is -0.000000405. The summed E-state index contributed by atoms with van der Waals surface area (Å²) in [4.78, 5) is 20.2. The predicted molar refractivity (Wildman–Crippen MR) is 54.7 cm³/mol. The van der Waals surface area contributed by atoms with Gasteiger partial charge < -0.3 is 10.2 Å². The van der Waals surface area contributed by atoms with Crippen molar-refractivity contribution in [3.8, 4) is 0 Å². The molecule has 0 aromatic rings. The van der Waals surface area contributed by atoms with Crippen molar-refractivity contribution in [2.45, 2.75) is 19.8 Å². The molecule has 0 fully saturated rings. The van der Waals surface area contributed by atoms with Gasteiger partial charge in [-0.15, -0.1) is 0 Å². The summed E-state index contributed by atoms with van der Waals surface area (Å²) < 4.78 is 0. The third kappa shape index (κ3) is 8.00. The lowest BCUT2D eigenvalue weighted by molar-refractivity contribution is -0.148. The molecule has 0 amide bonds. The van der Waals surface area contributed by atoms with Crippen molar-refractivity contribution in [3.63, 3.8) is 0 Å². The first-order chi connectivity index (χ1) is 4.57. The van der Waals surface area contributed by atoms with Gasteiger partial charge >= 0.3 is 11.9 Å². The standard InChI is InChI=1S/C6H10O4.Al.H3P.3H/c1-2-4(6(9)10)3-5(7)8;;;;;/h4H,2-3H2,1H3,(H,7,8)(H,9,10);;1H3;;;. The van der Waals surface area contributed by atoms with E-state index < -0.39 is 17.9 Å². The second kappa shape index (κ2) is 8.99. The first-order valence-electron chi connectivity index (χ1n) is 3.02.